The lowest BCUT2D eigenvalue weighted by molar-refractivity contribution is -0.384. The van der Waals surface area contributed by atoms with E-state index >= 15 is 0 Å². The van der Waals surface area contributed by atoms with Crippen LogP contribution in [0.5, 0.6) is 0 Å². The number of rotatable bonds is 3. The second-order valence-corrected chi connectivity index (χ2v) is 7.20. The Kier molecular flexibility index (Phi) is 3.95. The summed E-state index contributed by atoms with van der Waals surface area (Å²) >= 11 is 0. The van der Waals surface area contributed by atoms with Gasteiger partial charge >= 0.3 is 0 Å². The van der Waals surface area contributed by atoms with Gasteiger partial charge in [0.05, 0.1) is 21.9 Å². The Bertz CT molecular complexity index is 1180. The molecule has 1 aliphatic rings. The Morgan fingerprint density at radius 3 is 2.45 bits per heavy atom. The van der Waals surface area contributed by atoms with Crippen LogP contribution in [0.3, 0.4) is 0 Å². The van der Waals surface area contributed by atoms with Gasteiger partial charge in [-0.2, -0.15) is 5.10 Å². The highest BCUT2D eigenvalue weighted by molar-refractivity contribution is 6.08. The van der Waals surface area contributed by atoms with Gasteiger partial charge in [0, 0.05) is 23.4 Å². The number of carbonyl (C=O) groups is 1. The molecule has 1 atom stereocenters. The standard InChI is InChI=1S/C20H19N5O4/c1-10-8-11(2)16-15(9-10)22-19(26)20(16,27)17-12(3)23-24(18(17)21)13-4-6-14(7-5-13)25(28)29/h4-9,27H,21H2,1-3H3,(H,22,26). The van der Waals surface area contributed by atoms with Crippen LogP contribution in [0.15, 0.2) is 36.4 Å². The fraction of sp³-hybridized carbons (Fsp3) is 0.200. The monoisotopic (exact) mass is 393 g/mol. The van der Waals surface area contributed by atoms with Gasteiger partial charge in [-0.05, 0) is 50.1 Å². The number of carbonyl (C=O) groups excluding carboxylic acids is 1. The summed E-state index contributed by atoms with van der Waals surface area (Å²) in [6, 6.07) is 9.37. The number of non-ortho nitro benzene ring substituents is 1. The highest BCUT2D eigenvalue weighted by Gasteiger charge is 2.51. The summed E-state index contributed by atoms with van der Waals surface area (Å²) < 4.78 is 1.36. The first-order chi connectivity index (χ1) is 13.6. The molecule has 4 rings (SSSR count). The fourth-order valence-electron chi connectivity index (χ4n) is 4.02. The zero-order chi connectivity index (χ0) is 21.1. The summed E-state index contributed by atoms with van der Waals surface area (Å²) in [5.74, 6) is -0.513. The van der Waals surface area contributed by atoms with Gasteiger partial charge in [-0.1, -0.05) is 6.07 Å². The molecule has 148 valence electrons. The van der Waals surface area contributed by atoms with Crippen molar-refractivity contribution in [2.75, 3.05) is 11.1 Å². The van der Waals surface area contributed by atoms with Gasteiger partial charge in [0.1, 0.15) is 5.82 Å². The SMILES string of the molecule is Cc1cc(C)c2c(c1)NC(=O)C2(O)c1c(C)nn(-c2ccc([N+](=O)[O-])cc2)c1N. The van der Waals surface area contributed by atoms with Gasteiger partial charge in [0.15, 0.2) is 0 Å². The van der Waals surface area contributed by atoms with Crippen LogP contribution in [0.2, 0.25) is 0 Å². The molecule has 0 saturated heterocycles. The lowest BCUT2D eigenvalue weighted by atomic mass is 9.84. The molecule has 0 spiro atoms. The Morgan fingerprint density at radius 1 is 1.17 bits per heavy atom. The summed E-state index contributed by atoms with van der Waals surface area (Å²) in [7, 11) is 0. The molecule has 0 fully saturated rings. The molecule has 3 aromatic rings. The predicted octanol–water partition coefficient (Wildman–Crippen LogP) is 2.48. The summed E-state index contributed by atoms with van der Waals surface area (Å²) in [4.78, 5) is 23.2. The molecule has 9 heteroatoms. The molecule has 4 N–H and O–H groups in total. The van der Waals surface area contributed by atoms with Crippen LogP contribution < -0.4 is 11.1 Å². The van der Waals surface area contributed by atoms with E-state index in [1.165, 1.54) is 28.9 Å². The number of aliphatic hydroxyl groups is 1. The van der Waals surface area contributed by atoms with Crippen molar-refractivity contribution in [3.63, 3.8) is 0 Å². The molecule has 1 aliphatic heterocycles. The predicted molar refractivity (Wildman–Crippen MR) is 107 cm³/mol. The van der Waals surface area contributed by atoms with Crippen molar-refractivity contribution in [2.45, 2.75) is 26.4 Å². The Balaban J connectivity index is 1.90. The van der Waals surface area contributed by atoms with E-state index < -0.39 is 16.4 Å². The van der Waals surface area contributed by atoms with Crippen molar-refractivity contribution in [3.05, 3.63) is 74.5 Å². The van der Waals surface area contributed by atoms with Gasteiger partial charge in [-0.25, -0.2) is 4.68 Å². The van der Waals surface area contributed by atoms with Crippen molar-refractivity contribution in [1.82, 2.24) is 9.78 Å². The molecule has 0 bridgehead atoms. The second kappa shape index (κ2) is 6.14. The van der Waals surface area contributed by atoms with E-state index in [-0.39, 0.29) is 17.1 Å². The van der Waals surface area contributed by atoms with Crippen molar-refractivity contribution < 1.29 is 14.8 Å². The highest BCUT2D eigenvalue weighted by Crippen LogP contribution is 2.46. The maximum atomic E-state index is 12.9. The third kappa shape index (κ3) is 2.59. The van der Waals surface area contributed by atoms with Crippen molar-refractivity contribution in [1.29, 1.82) is 0 Å². The fourth-order valence-corrected chi connectivity index (χ4v) is 4.02. The minimum Gasteiger partial charge on any atom is -0.383 e. The minimum absolute atomic E-state index is 0.0647. The summed E-state index contributed by atoms with van der Waals surface area (Å²) in [6.45, 7) is 5.38. The molecule has 2 heterocycles. The Labute approximate surface area is 165 Å². The summed E-state index contributed by atoms with van der Waals surface area (Å²) in [5, 5.41) is 29.6. The number of benzene rings is 2. The number of hydrogen-bond acceptors (Lipinski definition) is 6. The van der Waals surface area contributed by atoms with Gasteiger partial charge < -0.3 is 16.2 Å². The number of nitro benzene ring substituents is 1. The van der Waals surface area contributed by atoms with Crippen molar-refractivity contribution >= 4 is 23.1 Å². The van der Waals surface area contributed by atoms with Crippen LogP contribution >= 0.6 is 0 Å². The third-order valence-corrected chi connectivity index (χ3v) is 5.18. The molecule has 2 aromatic carbocycles. The second-order valence-electron chi connectivity index (χ2n) is 7.20. The molecule has 0 radical (unpaired) electrons. The number of aryl methyl sites for hydroxylation is 3. The average Bonchev–Trinajstić information content (AvgIpc) is 3.08. The highest BCUT2D eigenvalue weighted by atomic mass is 16.6. The first-order valence-corrected chi connectivity index (χ1v) is 8.90. The van der Waals surface area contributed by atoms with E-state index in [0.29, 0.717) is 22.6 Å². The van der Waals surface area contributed by atoms with E-state index in [1.54, 1.807) is 13.0 Å². The van der Waals surface area contributed by atoms with Crippen LogP contribution in [0.25, 0.3) is 5.69 Å². The van der Waals surface area contributed by atoms with Crippen molar-refractivity contribution in [3.8, 4) is 5.69 Å². The summed E-state index contributed by atoms with van der Waals surface area (Å²) in [6.07, 6.45) is 0. The molecule has 1 unspecified atom stereocenters. The van der Waals surface area contributed by atoms with Gasteiger partial charge in [-0.15, -0.1) is 0 Å². The summed E-state index contributed by atoms with van der Waals surface area (Å²) in [5.41, 5.74) is 8.02. The van der Waals surface area contributed by atoms with E-state index in [4.69, 9.17) is 5.73 Å². The molecule has 29 heavy (non-hydrogen) atoms. The first kappa shape index (κ1) is 18.6. The zero-order valence-electron chi connectivity index (χ0n) is 16.1. The van der Waals surface area contributed by atoms with Crippen LogP contribution in [0.1, 0.15) is 27.9 Å². The lowest BCUT2D eigenvalue weighted by Crippen LogP contribution is -2.37. The quantitative estimate of drug-likeness (QED) is 0.462. The van der Waals surface area contributed by atoms with Gasteiger partial charge in [-0.3, -0.25) is 14.9 Å². The van der Waals surface area contributed by atoms with Crippen LogP contribution in [-0.2, 0) is 10.4 Å². The average molecular weight is 393 g/mol. The van der Waals surface area contributed by atoms with E-state index in [0.717, 1.165) is 11.1 Å². The van der Waals surface area contributed by atoms with Crippen LogP contribution in [0.4, 0.5) is 17.2 Å². The molecule has 9 nitrogen and oxygen atoms in total. The van der Waals surface area contributed by atoms with E-state index in [1.807, 2.05) is 19.9 Å². The number of nitrogens with zero attached hydrogens (tertiary/aromatic N) is 3. The largest absolute Gasteiger partial charge is 0.383 e. The van der Waals surface area contributed by atoms with Gasteiger partial charge in [0.2, 0.25) is 5.60 Å². The number of nitro groups is 1. The molecule has 0 saturated carbocycles. The normalized spacial score (nSPS) is 17.9. The number of anilines is 2. The number of nitrogens with two attached hydrogens (primary N) is 1. The minimum atomic E-state index is -1.99. The Morgan fingerprint density at radius 2 is 1.83 bits per heavy atom. The van der Waals surface area contributed by atoms with E-state index in [2.05, 4.69) is 10.4 Å². The number of nitrogens with one attached hydrogen (secondary N) is 1. The first-order valence-electron chi connectivity index (χ1n) is 8.90. The molecule has 1 amide bonds. The Hall–Kier alpha value is -3.72. The number of amides is 1. The topological polar surface area (TPSA) is 136 Å². The maximum Gasteiger partial charge on any atom is 0.269 e. The molecular formula is C20H19N5O4. The van der Waals surface area contributed by atoms with Crippen LogP contribution in [0, 0.1) is 30.9 Å². The number of hydrogen-bond donors (Lipinski definition) is 3. The third-order valence-electron chi connectivity index (χ3n) is 5.18. The lowest BCUT2D eigenvalue weighted by Gasteiger charge is -2.23. The van der Waals surface area contributed by atoms with E-state index in [9.17, 15) is 20.0 Å². The molecule has 0 aliphatic carbocycles. The number of nitrogen functional groups attached to an aromatic ring is 1. The van der Waals surface area contributed by atoms with Crippen molar-refractivity contribution in [2.24, 2.45) is 0 Å². The zero-order valence-corrected chi connectivity index (χ0v) is 16.1. The number of fused-ring (bicyclic) bond motifs is 1. The van der Waals surface area contributed by atoms with Gasteiger partial charge in [0.25, 0.3) is 11.6 Å². The maximum absolute atomic E-state index is 12.9. The smallest absolute Gasteiger partial charge is 0.269 e. The number of aromatic nitrogens is 2. The van der Waals surface area contributed by atoms with Crippen LogP contribution in [-0.4, -0.2) is 25.7 Å². The molecule has 1 aromatic heterocycles. The molecular weight excluding hydrogens is 374 g/mol.